The van der Waals surface area contributed by atoms with Gasteiger partial charge in [0.25, 0.3) is 0 Å². The maximum atomic E-state index is 13.2. The number of aromatic nitrogens is 3. The standard InChI is InChI=1S/C20H19FN4O4/c1-12(2)25-19(28)23-18(22-16-9-5-14(6-10-16)17(26)27)24(20(25)29)11-13-3-7-15(21)8-4-13/h3-10,12H,11H2,1-2H3,(H,26,27)(H,22,23,28). The molecule has 0 saturated carbocycles. The fraction of sp³-hybridized carbons (Fsp3) is 0.200. The minimum absolute atomic E-state index is 0.00398. The SMILES string of the molecule is CC(C)n1c(=O)nc(Nc2ccc(C(=O)O)cc2)n(Cc2ccc(F)cc2)c1=O. The fourth-order valence-electron chi connectivity index (χ4n) is 2.78. The lowest BCUT2D eigenvalue weighted by atomic mass is 10.2. The third-order valence-corrected chi connectivity index (χ3v) is 4.26. The van der Waals surface area contributed by atoms with Crippen LogP contribution in [0.1, 0.15) is 35.8 Å². The molecule has 29 heavy (non-hydrogen) atoms. The number of carboxylic acid groups (broad SMARTS) is 1. The van der Waals surface area contributed by atoms with E-state index in [9.17, 15) is 18.8 Å². The molecule has 0 atom stereocenters. The van der Waals surface area contributed by atoms with Crippen molar-refractivity contribution in [2.45, 2.75) is 26.4 Å². The molecule has 150 valence electrons. The molecule has 2 aromatic carbocycles. The summed E-state index contributed by atoms with van der Waals surface area (Å²) in [5.74, 6) is -1.46. The summed E-state index contributed by atoms with van der Waals surface area (Å²) in [7, 11) is 0. The van der Waals surface area contributed by atoms with E-state index in [0.29, 0.717) is 11.3 Å². The van der Waals surface area contributed by atoms with Crippen LogP contribution in [0, 0.1) is 5.82 Å². The Hall–Kier alpha value is -3.75. The first-order valence-corrected chi connectivity index (χ1v) is 8.84. The number of halogens is 1. The lowest BCUT2D eigenvalue weighted by Crippen LogP contribution is -2.43. The first-order chi connectivity index (χ1) is 13.8. The molecule has 0 saturated heterocycles. The molecular weight excluding hydrogens is 379 g/mol. The van der Waals surface area contributed by atoms with Gasteiger partial charge in [-0.3, -0.25) is 4.57 Å². The van der Waals surface area contributed by atoms with Crippen molar-refractivity contribution in [2.75, 3.05) is 5.32 Å². The molecule has 0 bridgehead atoms. The largest absolute Gasteiger partial charge is 0.478 e. The second-order valence-corrected chi connectivity index (χ2v) is 6.68. The summed E-state index contributed by atoms with van der Waals surface area (Å²) in [4.78, 5) is 40.3. The van der Waals surface area contributed by atoms with Crippen LogP contribution in [0.3, 0.4) is 0 Å². The number of hydrogen-bond acceptors (Lipinski definition) is 5. The lowest BCUT2D eigenvalue weighted by Gasteiger charge is -2.17. The Morgan fingerprint density at radius 1 is 1.10 bits per heavy atom. The first kappa shape index (κ1) is 20.0. The van der Waals surface area contributed by atoms with Crippen molar-refractivity contribution in [3.8, 4) is 0 Å². The van der Waals surface area contributed by atoms with E-state index in [2.05, 4.69) is 10.3 Å². The number of benzene rings is 2. The second kappa shape index (κ2) is 8.09. The van der Waals surface area contributed by atoms with Gasteiger partial charge in [0, 0.05) is 11.7 Å². The summed E-state index contributed by atoms with van der Waals surface area (Å²) in [5, 5.41) is 11.9. The zero-order valence-corrected chi connectivity index (χ0v) is 15.8. The predicted molar refractivity (Wildman–Crippen MR) is 105 cm³/mol. The summed E-state index contributed by atoms with van der Waals surface area (Å²) in [6, 6.07) is 11.0. The molecule has 0 fully saturated rings. The van der Waals surface area contributed by atoms with Crippen molar-refractivity contribution in [3.63, 3.8) is 0 Å². The van der Waals surface area contributed by atoms with Gasteiger partial charge < -0.3 is 10.4 Å². The second-order valence-electron chi connectivity index (χ2n) is 6.68. The van der Waals surface area contributed by atoms with Gasteiger partial charge in [0.05, 0.1) is 12.1 Å². The highest BCUT2D eigenvalue weighted by molar-refractivity contribution is 5.88. The van der Waals surface area contributed by atoms with Crippen LogP contribution >= 0.6 is 0 Å². The summed E-state index contributed by atoms with van der Waals surface area (Å²) in [6.07, 6.45) is 0. The van der Waals surface area contributed by atoms with Crippen molar-refractivity contribution in [1.82, 2.24) is 14.1 Å². The molecule has 9 heteroatoms. The Morgan fingerprint density at radius 2 is 1.72 bits per heavy atom. The summed E-state index contributed by atoms with van der Waals surface area (Å²) >= 11 is 0. The van der Waals surface area contributed by atoms with Crippen LogP contribution in [0.4, 0.5) is 16.0 Å². The third-order valence-electron chi connectivity index (χ3n) is 4.26. The quantitative estimate of drug-likeness (QED) is 0.661. The van der Waals surface area contributed by atoms with Gasteiger partial charge in [-0.15, -0.1) is 0 Å². The third kappa shape index (κ3) is 4.40. The van der Waals surface area contributed by atoms with Crippen LogP contribution in [0.15, 0.2) is 58.1 Å². The number of nitrogens with one attached hydrogen (secondary N) is 1. The van der Waals surface area contributed by atoms with Crippen molar-refractivity contribution in [1.29, 1.82) is 0 Å². The Balaban J connectivity index is 2.06. The van der Waals surface area contributed by atoms with Crippen molar-refractivity contribution in [2.24, 2.45) is 0 Å². The normalized spacial score (nSPS) is 10.9. The van der Waals surface area contributed by atoms with E-state index in [1.165, 1.54) is 53.1 Å². The summed E-state index contributed by atoms with van der Waals surface area (Å²) in [6.45, 7) is 3.46. The number of rotatable bonds is 6. The molecule has 8 nitrogen and oxygen atoms in total. The smallest absolute Gasteiger partial charge is 0.355 e. The number of carbonyl (C=O) groups is 1. The van der Waals surface area contributed by atoms with Crippen LogP contribution in [0.25, 0.3) is 0 Å². The fourth-order valence-corrected chi connectivity index (χ4v) is 2.78. The molecule has 0 spiro atoms. The number of carboxylic acids is 1. The van der Waals surface area contributed by atoms with Crippen LogP contribution < -0.4 is 16.7 Å². The van der Waals surface area contributed by atoms with E-state index >= 15 is 0 Å². The highest BCUT2D eigenvalue weighted by Crippen LogP contribution is 2.15. The molecule has 2 N–H and O–H groups in total. The van der Waals surface area contributed by atoms with E-state index in [4.69, 9.17) is 5.11 Å². The van der Waals surface area contributed by atoms with Gasteiger partial charge in [-0.2, -0.15) is 4.98 Å². The van der Waals surface area contributed by atoms with Gasteiger partial charge in [-0.25, -0.2) is 23.3 Å². The van der Waals surface area contributed by atoms with Crippen LogP contribution in [0.5, 0.6) is 0 Å². The molecule has 0 aliphatic heterocycles. The molecule has 1 heterocycles. The number of nitrogens with zero attached hydrogens (tertiary/aromatic N) is 3. The average Bonchev–Trinajstić information content (AvgIpc) is 2.66. The van der Waals surface area contributed by atoms with Crippen molar-refractivity contribution >= 4 is 17.6 Å². The topological polar surface area (TPSA) is 106 Å². The van der Waals surface area contributed by atoms with E-state index in [-0.39, 0.29) is 18.1 Å². The summed E-state index contributed by atoms with van der Waals surface area (Å²) in [5.41, 5.74) is -0.0635. The minimum atomic E-state index is -1.07. The molecule has 3 aromatic rings. The van der Waals surface area contributed by atoms with Crippen LogP contribution in [0.2, 0.25) is 0 Å². The van der Waals surface area contributed by atoms with Gasteiger partial charge >= 0.3 is 17.3 Å². The summed E-state index contributed by atoms with van der Waals surface area (Å²) < 4.78 is 15.5. The highest BCUT2D eigenvalue weighted by atomic mass is 19.1. The van der Waals surface area contributed by atoms with Crippen molar-refractivity contribution in [3.05, 3.63) is 86.4 Å². The molecule has 3 rings (SSSR count). The maximum absolute atomic E-state index is 13.2. The van der Waals surface area contributed by atoms with Gasteiger partial charge in [0.2, 0.25) is 5.95 Å². The van der Waals surface area contributed by atoms with E-state index in [1.807, 2.05) is 0 Å². The molecule has 0 unspecified atom stereocenters. The van der Waals surface area contributed by atoms with Crippen LogP contribution in [-0.2, 0) is 6.54 Å². The molecule has 0 radical (unpaired) electrons. The van der Waals surface area contributed by atoms with Crippen molar-refractivity contribution < 1.29 is 14.3 Å². The Bertz CT molecular complexity index is 1150. The predicted octanol–water partition coefficient (Wildman–Crippen LogP) is 2.62. The number of aromatic carboxylic acids is 1. The molecule has 0 aliphatic carbocycles. The number of hydrogen-bond donors (Lipinski definition) is 2. The van der Waals surface area contributed by atoms with Crippen LogP contribution in [-0.4, -0.2) is 25.2 Å². The highest BCUT2D eigenvalue weighted by Gasteiger charge is 2.16. The van der Waals surface area contributed by atoms with Gasteiger partial charge in [-0.05, 0) is 55.8 Å². The lowest BCUT2D eigenvalue weighted by molar-refractivity contribution is 0.0697. The average molecular weight is 398 g/mol. The Morgan fingerprint density at radius 3 is 2.28 bits per heavy atom. The molecular formula is C20H19FN4O4. The zero-order chi connectivity index (χ0) is 21.1. The van der Waals surface area contributed by atoms with E-state index < -0.39 is 29.2 Å². The van der Waals surface area contributed by atoms with Gasteiger partial charge in [0.1, 0.15) is 5.82 Å². The molecule has 1 aromatic heterocycles. The van der Waals surface area contributed by atoms with E-state index in [1.54, 1.807) is 13.8 Å². The molecule has 0 aliphatic rings. The Kier molecular flexibility index (Phi) is 5.58. The molecule has 0 amide bonds. The zero-order valence-electron chi connectivity index (χ0n) is 15.8. The van der Waals surface area contributed by atoms with E-state index in [0.717, 1.165) is 4.57 Å². The van der Waals surface area contributed by atoms with Gasteiger partial charge in [0.15, 0.2) is 0 Å². The number of anilines is 2. The first-order valence-electron chi connectivity index (χ1n) is 8.84. The monoisotopic (exact) mass is 398 g/mol. The minimum Gasteiger partial charge on any atom is -0.478 e. The van der Waals surface area contributed by atoms with Gasteiger partial charge in [-0.1, -0.05) is 12.1 Å². The maximum Gasteiger partial charge on any atom is 0.355 e. The Labute approximate surface area is 164 Å².